The second-order valence-corrected chi connectivity index (χ2v) is 9.05. The van der Waals surface area contributed by atoms with E-state index in [-0.39, 0.29) is 29.9 Å². The van der Waals surface area contributed by atoms with E-state index in [9.17, 15) is 9.59 Å². The van der Waals surface area contributed by atoms with Crippen LogP contribution >= 0.6 is 0 Å². The molecule has 0 aliphatic carbocycles. The molecule has 1 aromatic heterocycles. The van der Waals surface area contributed by atoms with Crippen LogP contribution in [0.4, 0.5) is 0 Å². The molecular weight excluding hydrogens is 368 g/mol. The average molecular weight is 403 g/mol. The topological polar surface area (TPSA) is 67.7 Å². The molecule has 0 unspecified atom stereocenters. The summed E-state index contributed by atoms with van der Waals surface area (Å²) >= 11 is 0. The molecule has 7 heteroatoms. The van der Waals surface area contributed by atoms with Crippen molar-refractivity contribution >= 4 is 11.8 Å². The van der Waals surface area contributed by atoms with Gasteiger partial charge in [0.2, 0.25) is 11.8 Å². The quantitative estimate of drug-likeness (QED) is 0.778. The van der Waals surface area contributed by atoms with Crippen LogP contribution in [0, 0.1) is 19.8 Å². The van der Waals surface area contributed by atoms with Crippen molar-refractivity contribution in [3.05, 3.63) is 17.5 Å². The molecule has 0 N–H and O–H groups in total. The lowest BCUT2D eigenvalue weighted by Crippen LogP contribution is -2.52. The third-order valence-corrected chi connectivity index (χ3v) is 7.01. The summed E-state index contributed by atoms with van der Waals surface area (Å²) in [4.78, 5) is 29.6. The number of aromatic nitrogens is 2. The maximum absolute atomic E-state index is 13.0. The zero-order valence-electron chi connectivity index (χ0n) is 17.9. The highest BCUT2D eigenvalue weighted by Crippen LogP contribution is 2.35. The van der Waals surface area contributed by atoms with Gasteiger partial charge in [0.05, 0.1) is 11.3 Å². The van der Waals surface area contributed by atoms with Crippen molar-refractivity contribution in [3.8, 4) is 0 Å². The summed E-state index contributed by atoms with van der Waals surface area (Å²) in [7, 11) is 0. The van der Waals surface area contributed by atoms with Crippen molar-refractivity contribution in [2.24, 2.45) is 5.92 Å². The van der Waals surface area contributed by atoms with E-state index in [1.54, 1.807) is 4.68 Å². The van der Waals surface area contributed by atoms with Crippen molar-refractivity contribution in [1.82, 2.24) is 19.6 Å². The van der Waals surface area contributed by atoms with Crippen LogP contribution in [0.5, 0.6) is 0 Å². The number of hydrogen-bond donors (Lipinski definition) is 0. The van der Waals surface area contributed by atoms with Gasteiger partial charge >= 0.3 is 0 Å². The molecule has 4 rings (SSSR count). The first-order valence-corrected chi connectivity index (χ1v) is 11.2. The molecule has 160 valence electrons. The molecule has 1 aromatic rings. The number of likely N-dealkylation sites (tertiary alicyclic amines) is 2. The van der Waals surface area contributed by atoms with Gasteiger partial charge in [0.25, 0.3) is 0 Å². The SMILES string of the molecule is Cc1cc(C)n(CC(=O)N2CCC(C(=O)N3CCC4(CCCCO4)CC3)CC2)n1. The van der Waals surface area contributed by atoms with Crippen LogP contribution in [0.25, 0.3) is 0 Å². The molecule has 4 heterocycles. The van der Waals surface area contributed by atoms with Gasteiger partial charge in [-0.3, -0.25) is 14.3 Å². The van der Waals surface area contributed by atoms with E-state index >= 15 is 0 Å². The van der Waals surface area contributed by atoms with Crippen LogP contribution in [0.2, 0.25) is 0 Å². The number of amides is 2. The summed E-state index contributed by atoms with van der Waals surface area (Å²) in [6.45, 7) is 8.02. The Bertz CT molecular complexity index is 735. The molecule has 3 aliphatic heterocycles. The summed E-state index contributed by atoms with van der Waals surface area (Å²) in [6.07, 6.45) is 7.03. The van der Waals surface area contributed by atoms with Crippen LogP contribution in [0.1, 0.15) is 56.3 Å². The minimum absolute atomic E-state index is 0.0355. The highest BCUT2D eigenvalue weighted by molar-refractivity contribution is 5.80. The van der Waals surface area contributed by atoms with Crippen LogP contribution in [0.15, 0.2) is 6.07 Å². The Morgan fingerprint density at radius 3 is 2.38 bits per heavy atom. The first kappa shape index (κ1) is 20.4. The molecular formula is C22H34N4O3. The van der Waals surface area contributed by atoms with Crippen LogP contribution in [-0.4, -0.2) is 69.8 Å². The molecule has 0 radical (unpaired) electrons. The number of rotatable bonds is 3. The van der Waals surface area contributed by atoms with E-state index < -0.39 is 0 Å². The van der Waals surface area contributed by atoms with Crippen molar-refractivity contribution < 1.29 is 14.3 Å². The maximum atomic E-state index is 13.0. The Balaban J connectivity index is 1.24. The maximum Gasteiger partial charge on any atom is 0.244 e. The van der Waals surface area contributed by atoms with Gasteiger partial charge in [-0.1, -0.05) is 0 Å². The lowest BCUT2D eigenvalue weighted by molar-refractivity contribution is -0.149. The van der Waals surface area contributed by atoms with Crippen molar-refractivity contribution in [1.29, 1.82) is 0 Å². The van der Waals surface area contributed by atoms with Crippen LogP contribution in [0.3, 0.4) is 0 Å². The number of hydrogen-bond acceptors (Lipinski definition) is 4. The van der Waals surface area contributed by atoms with E-state index in [0.29, 0.717) is 13.1 Å². The second kappa shape index (κ2) is 8.46. The molecule has 0 bridgehead atoms. The molecule has 0 saturated carbocycles. The lowest BCUT2D eigenvalue weighted by Gasteiger charge is -2.45. The minimum atomic E-state index is 0.0355. The highest BCUT2D eigenvalue weighted by atomic mass is 16.5. The van der Waals surface area contributed by atoms with Crippen molar-refractivity contribution in [2.45, 2.75) is 70.9 Å². The van der Waals surface area contributed by atoms with Crippen LogP contribution < -0.4 is 0 Å². The smallest absolute Gasteiger partial charge is 0.244 e. The third-order valence-electron chi connectivity index (χ3n) is 7.01. The fraction of sp³-hybridized carbons (Fsp3) is 0.773. The van der Waals surface area contributed by atoms with E-state index in [1.165, 1.54) is 12.8 Å². The predicted molar refractivity (Wildman–Crippen MR) is 109 cm³/mol. The van der Waals surface area contributed by atoms with Gasteiger partial charge in [-0.15, -0.1) is 0 Å². The summed E-state index contributed by atoms with van der Waals surface area (Å²) < 4.78 is 7.86. The van der Waals surface area contributed by atoms with E-state index in [2.05, 4.69) is 5.10 Å². The zero-order chi connectivity index (χ0) is 20.4. The standard InChI is InChI=1S/C22H34N4O3/c1-17-15-18(2)26(23-17)16-20(27)24-10-5-19(6-11-24)21(28)25-12-8-22(9-13-25)7-3-4-14-29-22/h15,19H,3-14,16H2,1-2H3. The van der Waals surface area contributed by atoms with Crippen molar-refractivity contribution in [3.63, 3.8) is 0 Å². The van der Waals surface area contributed by atoms with Gasteiger partial charge in [0.15, 0.2) is 0 Å². The molecule has 3 aliphatic rings. The number of ether oxygens (including phenoxy) is 1. The number of carbonyl (C=O) groups excluding carboxylic acids is 2. The summed E-state index contributed by atoms with van der Waals surface area (Å²) in [5, 5.41) is 4.38. The number of aryl methyl sites for hydroxylation is 2. The Hall–Kier alpha value is -1.89. The fourth-order valence-corrected chi connectivity index (χ4v) is 5.14. The van der Waals surface area contributed by atoms with Gasteiger partial charge in [0, 0.05) is 44.4 Å². The minimum Gasteiger partial charge on any atom is -0.375 e. The van der Waals surface area contributed by atoms with Gasteiger partial charge in [-0.2, -0.15) is 5.10 Å². The molecule has 1 spiro atoms. The Morgan fingerprint density at radius 2 is 1.79 bits per heavy atom. The second-order valence-electron chi connectivity index (χ2n) is 9.05. The number of piperidine rings is 2. The number of carbonyl (C=O) groups is 2. The first-order chi connectivity index (χ1) is 14.0. The van der Waals surface area contributed by atoms with E-state index in [0.717, 1.165) is 63.2 Å². The molecule has 3 fully saturated rings. The monoisotopic (exact) mass is 402 g/mol. The van der Waals surface area contributed by atoms with Crippen LogP contribution in [-0.2, 0) is 20.9 Å². The number of nitrogens with zero attached hydrogens (tertiary/aromatic N) is 4. The van der Waals surface area contributed by atoms with Gasteiger partial charge < -0.3 is 14.5 Å². The lowest BCUT2D eigenvalue weighted by atomic mass is 9.84. The normalized spacial score (nSPS) is 22.8. The summed E-state index contributed by atoms with van der Waals surface area (Å²) in [5.41, 5.74) is 1.97. The Labute approximate surface area is 173 Å². The molecule has 29 heavy (non-hydrogen) atoms. The summed E-state index contributed by atoms with van der Waals surface area (Å²) in [6, 6.07) is 1.99. The molecule has 0 aromatic carbocycles. The zero-order valence-corrected chi connectivity index (χ0v) is 17.9. The van der Waals surface area contributed by atoms with Gasteiger partial charge in [0.1, 0.15) is 6.54 Å². The Kier molecular flexibility index (Phi) is 5.95. The fourth-order valence-electron chi connectivity index (χ4n) is 5.14. The first-order valence-electron chi connectivity index (χ1n) is 11.2. The largest absolute Gasteiger partial charge is 0.375 e. The highest BCUT2D eigenvalue weighted by Gasteiger charge is 2.39. The van der Waals surface area contributed by atoms with Gasteiger partial charge in [-0.25, -0.2) is 0 Å². The predicted octanol–water partition coefficient (Wildman–Crippen LogP) is 2.30. The molecule has 2 amide bonds. The van der Waals surface area contributed by atoms with Crippen molar-refractivity contribution in [2.75, 3.05) is 32.8 Å². The molecule has 7 nitrogen and oxygen atoms in total. The third kappa shape index (κ3) is 4.49. The van der Waals surface area contributed by atoms with E-state index in [4.69, 9.17) is 4.74 Å². The van der Waals surface area contributed by atoms with Gasteiger partial charge in [-0.05, 0) is 64.9 Å². The molecule has 3 saturated heterocycles. The summed E-state index contributed by atoms with van der Waals surface area (Å²) in [5.74, 6) is 0.423. The Morgan fingerprint density at radius 1 is 1.07 bits per heavy atom. The average Bonchev–Trinajstić information content (AvgIpc) is 3.05. The molecule has 0 atom stereocenters. The van der Waals surface area contributed by atoms with E-state index in [1.807, 2.05) is 29.7 Å².